The summed E-state index contributed by atoms with van der Waals surface area (Å²) in [6.07, 6.45) is 3.13. The number of rotatable bonds is 2. The summed E-state index contributed by atoms with van der Waals surface area (Å²) >= 11 is 0. The van der Waals surface area contributed by atoms with Gasteiger partial charge in [-0.15, -0.1) is 0 Å². The average Bonchev–Trinajstić information content (AvgIpc) is 3.18. The summed E-state index contributed by atoms with van der Waals surface area (Å²) in [4.78, 5) is 8.16. The molecular formula is C16H27F3N4. The molecule has 1 aliphatic carbocycles. The van der Waals surface area contributed by atoms with Crippen molar-refractivity contribution in [1.82, 2.24) is 15.1 Å². The third-order valence-electron chi connectivity index (χ3n) is 5.62. The van der Waals surface area contributed by atoms with Gasteiger partial charge < -0.3 is 10.2 Å². The highest BCUT2D eigenvalue weighted by Crippen LogP contribution is 2.45. The number of hydrogen-bond donors (Lipinski definition) is 1. The highest BCUT2D eigenvalue weighted by Gasteiger charge is 2.41. The van der Waals surface area contributed by atoms with Crippen LogP contribution in [0, 0.1) is 5.41 Å². The topological polar surface area (TPSA) is 30.9 Å². The van der Waals surface area contributed by atoms with Crippen LogP contribution >= 0.6 is 0 Å². The lowest BCUT2D eigenvalue weighted by molar-refractivity contribution is -0.143. The molecular weight excluding hydrogens is 305 g/mol. The first-order valence-corrected chi connectivity index (χ1v) is 8.67. The predicted octanol–water partition coefficient (Wildman–Crippen LogP) is 2.46. The molecule has 0 aromatic rings. The molecule has 1 spiro atoms. The molecule has 1 unspecified atom stereocenters. The van der Waals surface area contributed by atoms with E-state index in [9.17, 15) is 13.2 Å². The van der Waals surface area contributed by atoms with Crippen molar-refractivity contribution >= 4 is 5.96 Å². The molecule has 2 aliphatic heterocycles. The smallest absolute Gasteiger partial charge is 0.352 e. The molecule has 2 saturated heterocycles. The van der Waals surface area contributed by atoms with Crippen LogP contribution in [0.25, 0.3) is 0 Å². The lowest BCUT2D eigenvalue weighted by Gasteiger charge is -2.27. The van der Waals surface area contributed by atoms with E-state index < -0.39 is 12.7 Å². The number of hydrogen-bond acceptors (Lipinski definition) is 2. The Bertz CT molecular complexity index is 443. The zero-order chi connectivity index (χ0) is 16.5. The Labute approximate surface area is 136 Å². The maximum Gasteiger partial charge on any atom is 0.401 e. The van der Waals surface area contributed by atoms with Crippen molar-refractivity contribution in [3.63, 3.8) is 0 Å². The molecule has 23 heavy (non-hydrogen) atoms. The minimum atomic E-state index is -4.11. The van der Waals surface area contributed by atoms with Crippen molar-refractivity contribution in [2.24, 2.45) is 10.4 Å². The molecule has 1 atom stereocenters. The lowest BCUT2D eigenvalue weighted by Crippen LogP contribution is -2.47. The maximum atomic E-state index is 12.5. The van der Waals surface area contributed by atoms with Crippen LogP contribution in [0.4, 0.5) is 13.2 Å². The van der Waals surface area contributed by atoms with Gasteiger partial charge in [-0.1, -0.05) is 12.8 Å². The van der Waals surface area contributed by atoms with Crippen LogP contribution in [-0.4, -0.2) is 67.7 Å². The summed E-state index contributed by atoms with van der Waals surface area (Å²) in [5, 5.41) is 3.40. The molecule has 3 fully saturated rings. The van der Waals surface area contributed by atoms with E-state index in [1.807, 2.05) is 0 Å². The van der Waals surface area contributed by atoms with Crippen molar-refractivity contribution in [3.8, 4) is 0 Å². The van der Waals surface area contributed by atoms with Gasteiger partial charge >= 0.3 is 6.18 Å². The standard InChI is InChI=1S/C16H27F3N4/c1-20-14(23-9-7-15(11-23)5-2-3-6-15)21-13-4-8-22(10-13)12-16(17,18)19/h13H,2-12H2,1H3,(H,20,21). The number of alkyl halides is 3. The van der Waals surface area contributed by atoms with E-state index in [0.29, 0.717) is 18.5 Å². The fourth-order valence-electron chi connectivity index (χ4n) is 4.48. The molecule has 132 valence electrons. The van der Waals surface area contributed by atoms with Gasteiger partial charge in [0.25, 0.3) is 0 Å². The average molecular weight is 332 g/mol. The normalized spacial score (nSPS) is 29.0. The van der Waals surface area contributed by atoms with E-state index in [-0.39, 0.29) is 6.04 Å². The number of likely N-dealkylation sites (tertiary alicyclic amines) is 2. The second-order valence-corrected chi connectivity index (χ2v) is 7.41. The van der Waals surface area contributed by atoms with Gasteiger partial charge in [-0.05, 0) is 31.1 Å². The monoisotopic (exact) mass is 332 g/mol. The first-order valence-electron chi connectivity index (χ1n) is 8.67. The van der Waals surface area contributed by atoms with E-state index in [4.69, 9.17) is 0 Å². The number of nitrogens with zero attached hydrogens (tertiary/aromatic N) is 3. The second kappa shape index (κ2) is 6.49. The van der Waals surface area contributed by atoms with Crippen molar-refractivity contribution < 1.29 is 13.2 Å². The third-order valence-corrected chi connectivity index (χ3v) is 5.62. The number of nitrogens with one attached hydrogen (secondary N) is 1. The highest BCUT2D eigenvalue weighted by atomic mass is 19.4. The zero-order valence-corrected chi connectivity index (χ0v) is 13.8. The molecule has 0 radical (unpaired) electrons. The molecule has 7 heteroatoms. The Morgan fingerprint density at radius 1 is 1.22 bits per heavy atom. The molecule has 3 rings (SSSR count). The number of halogens is 3. The zero-order valence-electron chi connectivity index (χ0n) is 13.8. The summed E-state index contributed by atoms with van der Waals surface area (Å²) in [7, 11) is 1.77. The molecule has 0 aromatic carbocycles. The third kappa shape index (κ3) is 4.11. The molecule has 4 nitrogen and oxygen atoms in total. The molecule has 0 aromatic heterocycles. The van der Waals surface area contributed by atoms with Crippen LogP contribution in [0.3, 0.4) is 0 Å². The minimum Gasteiger partial charge on any atom is -0.352 e. The Balaban J connectivity index is 1.51. The summed E-state index contributed by atoms with van der Waals surface area (Å²) < 4.78 is 37.5. The van der Waals surface area contributed by atoms with Crippen LogP contribution in [0.15, 0.2) is 4.99 Å². The quantitative estimate of drug-likeness (QED) is 0.622. The van der Waals surface area contributed by atoms with Crippen molar-refractivity contribution in [1.29, 1.82) is 0 Å². The fourth-order valence-corrected chi connectivity index (χ4v) is 4.48. The van der Waals surface area contributed by atoms with E-state index in [0.717, 1.165) is 25.5 Å². The van der Waals surface area contributed by atoms with Gasteiger partial charge in [-0.2, -0.15) is 13.2 Å². The maximum absolute atomic E-state index is 12.5. The lowest BCUT2D eigenvalue weighted by atomic mass is 9.86. The number of guanidine groups is 1. The summed E-state index contributed by atoms with van der Waals surface area (Å²) in [5.41, 5.74) is 0.468. The van der Waals surface area contributed by atoms with Gasteiger partial charge in [-0.3, -0.25) is 9.89 Å². The van der Waals surface area contributed by atoms with Crippen LogP contribution in [0.2, 0.25) is 0 Å². The minimum absolute atomic E-state index is 0.0659. The highest BCUT2D eigenvalue weighted by molar-refractivity contribution is 5.80. The number of aliphatic imine (C=N–C) groups is 1. The Hall–Kier alpha value is -0.980. The first kappa shape index (κ1) is 16.9. The van der Waals surface area contributed by atoms with Crippen molar-refractivity contribution in [3.05, 3.63) is 0 Å². The van der Waals surface area contributed by atoms with Gasteiger partial charge in [-0.25, -0.2) is 0 Å². The molecule has 2 heterocycles. The van der Waals surface area contributed by atoms with Crippen molar-refractivity contribution in [2.75, 3.05) is 39.8 Å². The van der Waals surface area contributed by atoms with Crippen LogP contribution in [0.1, 0.15) is 38.5 Å². The molecule has 3 aliphatic rings. The molecule has 1 saturated carbocycles. The summed E-state index contributed by atoms with van der Waals surface area (Å²) in [6, 6.07) is 0.0659. The molecule has 1 N–H and O–H groups in total. The van der Waals surface area contributed by atoms with E-state index in [2.05, 4.69) is 15.2 Å². The van der Waals surface area contributed by atoms with E-state index in [1.54, 1.807) is 7.05 Å². The van der Waals surface area contributed by atoms with E-state index in [1.165, 1.54) is 37.0 Å². The molecule has 0 amide bonds. The Morgan fingerprint density at radius 3 is 2.61 bits per heavy atom. The fraction of sp³-hybridized carbons (Fsp3) is 0.938. The van der Waals surface area contributed by atoms with Crippen LogP contribution in [0.5, 0.6) is 0 Å². The van der Waals surface area contributed by atoms with E-state index >= 15 is 0 Å². The van der Waals surface area contributed by atoms with Gasteiger partial charge in [0, 0.05) is 39.3 Å². The van der Waals surface area contributed by atoms with Gasteiger partial charge in [0.05, 0.1) is 6.54 Å². The Morgan fingerprint density at radius 2 is 1.96 bits per heavy atom. The SMILES string of the molecule is CN=C(NC1CCN(CC(F)(F)F)C1)N1CCC2(CCCC2)C1. The van der Waals surface area contributed by atoms with Gasteiger partial charge in [0.15, 0.2) is 5.96 Å². The van der Waals surface area contributed by atoms with Gasteiger partial charge in [0.2, 0.25) is 0 Å². The first-order chi connectivity index (χ1) is 10.9. The van der Waals surface area contributed by atoms with Crippen molar-refractivity contribution in [2.45, 2.75) is 50.7 Å². The summed E-state index contributed by atoms with van der Waals surface area (Å²) in [6.45, 7) is 2.19. The summed E-state index contributed by atoms with van der Waals surface area (Å²) in [5.74, 6) is 0.868. The predicted molar refractivity (Wildman–Crippen MR) is 84.5 cm³/mol. The van der Waals surface area contributed by atoms with Crippen LogP contribution < -0.4 is 5.32 Å². The Kier molecular flexibility index (Phi) is 4.76. The van der Waals surface area contributed by atoms with Gasteiger partial charge in [0.1, 0.15) is 0 Å². The molecule has 0 bridgehead atoms. The second-order valence-electron chi connectivity index (χ2n) is 7.41. The largest absolute Gasteiger partial charge is 0.401 e. The van der Waals surface area contributed by atoms with Crippen LogP contribution in [-0.2, 0) is 0 Å².